The Bertz CT molecular complexity index is 824. The molecule has 6 nitrogen and oxygen atoms in total. The molecule has 0 aliphatic carbocycles. The van der Waals surface area contributed by atoms with Gasteiger partial charge in [0, 0.05) is 19.3 Å². The highest BCUT2D eigenvalue weighted by molar-refractivity contribution is 5.71. The molecule has 0 bridgehead atoms. The van der Waals surface area contributed by atoms with E-state index in [0.717, 1.165) is 76.0 Å². The lowest BCUT2D eigenvalue weighted by atomic mass is 10.0. The van der Waals surface area contributed by atoms with Crippen LogP contribution in [0.1, 0.15) is 259 Å². The van der Waals surface area contributed by atoms with Crippen molar-refractivity contribution < 1.29 is 28.6 Å². The normalized spacial score (nSPS) is 12.1. The quantitative estimate of drug-likeness (QED) is 0.0350. The van der Waals surface area contributed by atoms with Crippen LogP contribution in [0.3, 0.4) is 0 Å². The van der Waals surface area contributed by atoms with E-state index in [-0.39, 0.29) is 31.1 Å². The zero-order valence-electron chi connectivity index (χ0n) is 36.8. The van der Waals surface area contributed by atoms with Gasteiger partial charge < -0.3 is 14.2 Å². The number of rotatable bonds is 42. The Morgan fingerprint density at radius 1 is 0.352 bits per heavy atom. The van der Waals surface area contributed by atoms with Gasteiger partial charge in [-0.3, -0.25) is 14.4 Å². The van der Waals surface area contributed by atoms with E-state index in [2.05, 4.69) is 34.6 Å². The molecular weight excluding hydrogens is 673 g/mol. The van der Waals surface area contributed by atoms with Gasteiger partial charge in [0.1, 0.15) is 13.2 Å². The molecule has 1 atom stereocenters. The number of carbonyl (C=O) groups excluding carboxylic acids is 3. The van der Waals surface area contributed by atoms with Crippen molar-refractivity contribution in [3.63, 3.8) is 0 Å². The van der Waals surface area contributed by atoms with E-state index >= 15 is 0 Å². The number of ether oxygens (including phenoxy) is 3. The smallest absolute Gasteiger partial charge is 0.306 e. The zero-order chi connectivity index (χ0) is 39.7. The second-order valence-corrected chi connectivity index (χ2v) is 17.3. The van der Waals surface area contributed by atoms with Gasteiger partial charge in [-0.05, 0) is 31.1 Å². The Hall–Kier alpha value is -1.59. The number of carbonyl (C=O) groups is 3. The molecule has 0 aliphatic rings. The first kappa shape index (κ1) is 52.4. The van der Waals surface area contributed by atoms with E-state index in [9.17, 15) is 14.4 Å². The van der Waals surface area contributed by atoms with E-state index in [1.54, 1.807) is 0 Å². The minimum Gasteiger partial charge on any atom is -0.462 e. The summed E-state index contributed by atoms with van der Waals surface area (Å²) in [4.78, 5) is 37.5. The summed E-state index contributed by atoms with van der Waals surface area (Å²) in [5.74, 6) is 0.805. The molecule has 0 amide bonds. The molecule has 6 heteroatoms. The molecular formula is C48H92O6. The molecule has 0 unspecified atom stereocenters. The van der Waals surface area contributed by atoms with Crippen LogP contribution in [0.25, 0.3) is 0 Å². The third-order valence-electron chi connectivity index (χ3n) is 10.7. The lowest BCUT2D eigenvalue weighted by Gasteiger charge is -2.18. The second-order valence-electron chi connectivity index (χ2n) is 17.3. The monoisotopic (exact) mass is 765 g/mol. The molecule has 0 aromatic heterocycles. The molecule has 0 aromatic carbocycles. The Balaban J connectivity index is 4.11. The van der Waals surface area contributed by atoms with Crippen molar-refractivity contribution in [2.75, 3.05) is 13.2 Å². The van der Waals surface area contributed by atoms with Crippen LogP contribution in [0.4, 0.5) is 0 Å². The van der Waals surface area contributed by atoms with Crippen molar-refractivity contribution >= 4 is 17.9 Å². The molecule has 54 heavy (non-hydrogen) atoms. The number of unbranched alkanes of at least 4 members (excludes halogenated alkanes) is 27. The lowest BCUT2D eigenvalue weighted by molar-refractivity contribution is -0.167. The molecule has 0 fully saturated rings. The van der Waals surface area contributed by atoms with E-state index in [4.69, 9.17) is 14.2 Å². The highest BCUT2D eigenvalue weighted by Gasteiger charge is 2.19. The highest BCUT2D eigenvalue weighted by atomic mass is 16.6. The summed E-state index contributed by atoms with van der Waals surface area (Å²) in [6.07, 6.45) is 39.8. The average molecular weight is 765 g/mol. The van der Waals surface area contributed by atoms with E-state index in [1.165, 1.54) is 141 Å². The van der Waals surface area contributed by atoms with Crippen molar-refractivity contribution in [2.45, 2.75) is 265 Å². The molecule has 0 rings (SSSR count). The standard InChI is InChI=1S/C48H92O6/c1-6-7-8-26-35-40-48(51)54-45(42-53-47(50)39-34-30-25-21-17-13-12-15-19-23-28-32-37-44(4)5)41-52-46(49)38-33-29-24-20-16-11-9-10-14-18-22-27-31-36-43(2)3/h43-45H,6-42H2,1-5H3/t45-/m1/s1. The fourth-order valence-electron chi connectivity index (χ4n) is 7.11. The Labute approximate surface area is 336 Å². The molecule has 0 radical (unpaired) electrons. The third kappa shape index (κ3) is 41.6. The SMILES string of the molecule is CCCCCCCC(=O)O[C@H](COC(=O)CCCCCCCCCCCCCCCC(C)C)COC(=O)CCCCCCCCCCCCCCC(C)C. The number of hydrogen-bond acceptors (Lipinski definition) is 6. The first-order valence-corrected chi connectivity index (χ1v) is 23.7. The molecule has 0 N–H and O–H groups in total. The lowest BCUT2D eigenvalue weighted by Crippen LogP contribution is -2.30. The molecule has 0 saturated heterocycles. The number of hydrogen-bond donors (Lipinski definition) is 0. The molecule has 0 aromatic rings. The van der Waals surface area contributed by atoms with E-state index < -0.39 is 6.10 Å². The van der Waals surface area contributed by atoms with Gasteiger partial charge in [-0.25, -0.2) is 0 Å². The average Bonchev–Trinajstić information content (AvgIpc) is 3.14. The Kier molecular flexibility index (Phi) is 39.8. The summed E-state index contributed by atoms with van der Waals surface area (Å²) < 4.78 is 16.6. The van der Waals surface area contributed by atoms with Gasteiger partial charge in [-0.1, -0.05) is 221 Å². The molecule has 0 heterocycles. The summed E-state index contributed by atoms with van der Waals surface area (Å²) in [5, 5.41) is 0. The van der Waals surface area contributed by atoms with Gasteiger partial charge in [-0.2, -0.15) is 0 Å². The molecule has 0 saturated carbocycles. The first-order valence-electron chi connectivity index (χ1n) is 23.7. The maximum atomic E-state index is 12.5. The van der Waals surface area contributed by atoms with Crippen LogP contribution in [-0.4, -0.2) is 37.2 Å². The largest absolute Gasteiger partial charge is 0.462 e. The first-order chi connectivity index (χ1) is 26.2. The summed E-state index contributed by atoms with van der Waals surface area (Å²) in [6, 6.07) is 0. The van der Waals surface area contributed by atoms with Crippen molar-refractivity contribution in [1.82, 2.24) is 0 Å². The summed E-state index contributed by atoms with van der Waals surface area (Å²) >= 11 is 0. The van der Waals surface area contributed by atoms with Crippen LogP contribution in [0.15, 0.2) is 0 Å². The van der Waals surface area contributed by atoms with Gasteiger partial charge in [0.05, 0.1) is 0 Å². The maximum absolute atomic E-state index is 12.5. The maximum Gasteiger partial charge on any atom is 0.306 e. The van der Waals surface area contributed by atoms with Gasteiger partial charge >= 0.3 is 17.9 Å². The predicted octanol–water partition coefficient (Wildman–Crippen LogP) is 15.0. The summed E-state index contributed by atoms with van der Waals surface area (Å²) in [5.41, 5.74) is 0. The minimum absolute atomic E-state index is 0.0657. The van der Waals surface area contributed by atoms with Gasteiger partial charge in [0.15, 0.2) is 6.10 Å². The van der Waals surface area contributed by atoms with E-state index in [1.807, 2.05) is 0 Å². The van der Waals surface area contributed by atoms with E-state index in [0.29, 0.717) is 19.3 Å². The Morgan fingerprint density at radius 2 is 0.611 bits per heavy atom. The highest BCUT2D eigenvalue weighted by Crippen LogP contribution is 2.17. The van der Waals surface area contributed by atoms with Gasteiger partial charge in [0.25, 0.3) is 0 Å². The Morgan fingerprint density at radius 3 is 0.907 bits per heavy atom. The predicted molar refractivity (Wildman–Crippen MR) is 229 cm³/mol. The van der Waals surface area contributed by atoms with Crippen molar-refractivity contribution in [3.05, 3.63) is 0 Å². The molecule has 0 spiro atoms. The van der Waals surface area contributed by atoms with Crippen LogP contribution in [0.2, 0.25) is 0 Å². The van der Waals surface area contributed by atoms with Crippen LogP contribution in [0, 0.1) is 11.8 Å². The fraction of sp³-hybridized carbons (Fsp3) is 0.938. The second kappa shape index (κ2) is 41.1. The molecule has 320 valence electrons. The fourth-order valence-corrected chi connectivity index (χ4v) is 7.11. The van der Waals surface area contributed by atoms with Crippen molar-refractivity contribution in [3.8, 4) is 0 Å². The summed E-state index contributed by atoms with van der Waals surface area (Å²) in [6.45, 7) is 11.3. The van der Waals surface area contributed by atoms with Crippen molar-refractivity contribution in [2.24, 2.45) is 11.8 Å². The topological polar surface area (TPSA) is 78.9 Å². The van der Waals surface area contributed by atoms with Crippen LogP contribution in [0.5, 0.6) is 0 Å². The minimum atomic E-state index is -0.758. The van der Waals surface area contributed by atoms with Crippen LogP contribution >= 0.6 is 0 Å². The van der Waals surface area contributed by atoms with Gasteiger partial charge in [0.2, 0.25) is 0 Å². The van der Waals surface area contributed by atoms with Crippen molar-refractivity contribution in [1.29, 1.82) is 0 Å². The number of esters is 3. The van der Waals surface area contributed by atoms with Crippen LogP contribution in [-0.2, 0) is 28.6 Å². The van der Waals surface area contributed by atoms with Gasteiger partial charge in [-0.15, -0.1) is 0 Å². The third-order valence-corrected chi connectivity index (χ3v) is 10.7. The van der Waals surface area contributed by atoms with Crippen LogP contribution < -0.4 is 0 Å². The molecule has 0 aliphatic heterocycles. The zero-order valence-corrected chi connectivity index (χ0v) is 36.8. The summed E-state index contributed by atoms with van der Waals surface area (Å²) in [7, 11) is 0.